The van der Waals surface area contributed by atoms with E-state index in [0.717, 1.165) is 4.47 Å². The number of nitrogens with zero attached hydrogens (tertiary/aromatic N) is 2. The summed E-state index contributed by atoms with van der Waals surface area (Å²) in [7, 11) is 0. The van der Waals surface area contributed by atoms with Gasteiger partial charge in [0.05, 0.1) is 0 Å². The number of rotatable bonds is 3. The molecule has 0 aliphatic carbocycles. The first-order valence-electron chi connectivity index (χ1n) is 7.44. The Morgan fingerprint density at radius 1 is 1.00 bits per heavy atom. The molecule has 0 aliphatic heterocycles. The molecule has 0 saturated carbocycles. The van der Waals surface area contributed by atoms with Crippen molar-refractivity contribution in [3.63, 3.8) is 0 Å². The van der Waals surface area contributed by atoms with Crippen molar-refractivity contribution in [2.75, 3.05) is 5.73 Å². The van der Waals surface area contributed by atoms with E-state index in [9.17, 15) is 15.3 Å². The van der Waals surface area contributed by atoms with Crippen LogP contribution in [-0.4, -0.2) is 4.98 Å². The SMILES string of the molecule is N#Cc1c(N)[nH]c(=O)c(C#N)c1-c1ccccc1Oc1ccc(Br)cc1. The summed E-state index contributed by atoms with van der Waals surface area (Å²) in [6.07, 6.45) is 0. The van der Waals surface area contributed by atoms with E-state index >= 15 is 0 Å². The van der Waals surface area contributed by atoms with Gasteiger partial charge < -0.3 is 15.5 Å². The fourth-order valence-electron chi connectivity index (χ4n) is 2.50. The second-order valence-corrected chi connectivity index (χ2v) is 6.18. The number of nitrogen functional groups attached to an aromatic ring is 1. The Bertz CT molecular complexity index is 1120. The first-order valence-corrected chi connectivity index (χ1v) is 8.23. The standard InChI is InChI=1S/C19H11BrN4O2/c20-11-5-7-12(8-6-11)26-16-4-2-1-3-13(16)17-14(9-21)18(23)24-19(25)15(17)10-22/h1-8H,(H3,23,24,25). The van der Waals surface area contributed by atoms with Gasteiger partial charge in [-0.05, 0) is 30.3 Å². The fourth-order valence-corrected chi connectivity index (χ4v) is 2.77. The van der Waals surface area contributed by atoms with Gasteiger partial charge in [0.25, 0.3) is 5.56 Å². The van der Waals surface area contributed by atoms with Crippen LogP contribution in [0.3, 0.4) is 0 Å². The van der Waals surface area contributed by atoms with Crippen LogP contribution < -0.4 is 16.0 Å². The number of hydrogen-bond acceptors (Lipinski definition) is 5. The molecule has 0 aliphatic rings. The summed E-state index contributed by atoms with van der Waals surface area (Å²) in [6, 6.07) is 17.8. The minimum atomic E-state index is -0.655. The van der Waals surface area contributed by atoms with E-state index in [0.29, 0.717) is 17.1 Å². The summed E-state index contributed by atoms with van der Waals surface area (Å²) in [5.74, 6) is 0.869. The van der Waals surface area contributed by atoms with Gasteiger partial charge in [0.15, 0.2) is 0 Å². The molecule has 126 valence electrons. The van der Waals surface area contributed by atoms with Gasteiger partial charge in [-0.15, -0.1) is 0 Å². The summed E-state index contributed by atoms with van der Waals surface area (Å²) in [4.78, 5) is 14.5. The highest BCUT2D eigenvalue weighted by Gasteiger charge is 2.21. The zero-order chi connectivity index (χ0) is 18.7. The average Bonchev–Trinajstić information content (AvgIpc) is 2.63. The first kappa shape index (κ1) is 17.3. The number of nitrogens with one attached hydrogen (secondary N) is 1. The highest BCUT2D eigenvalue weighted by molar-refractivity contribution is 9.10. The summed E-state index contributed by atoms with van der Waals surface area (Å²) in [5.41, 5.74) is 5.54. The third-order valence-electron chi connectivity index (χ3n) is 3.67. The van der Waals surface area contributed by atoms with E-state index in [1.54, 1.807) is 36.4 Å². The van der Waals surface area contributed by atoms with E-state index < -0.39 is 5.56 Å². The smallest absolute Gasteiger partial charge is 0.268 e. The van der Waals surface area contributed by atoms with Crippen molar-refractivity contribution >= 4 is 21.7 Å². The lowest BCUT2D eigenvalue weighted by molar-refractivity contribution is 0.484. The molecule has 6 nitrogen and oxygen atoms in total. The monoisotopic (exact) mass is 406 g/mol. The number of ether oxygens (including phenoxy) is 1. The zero-order valence-electron chi connectivity index (χ0n) is 13.3. The zero-order valence-corrected chi connectivity index (χ0v) is 14.9. The van der Waals surface area contributed by atoms with Crippen molar-refractivity contribution in [2.45, 2.75) is 0 Å². The molecule has 3 aromatic rings. The Balaban J connectivity index is 2.24. The minimum Gasteiger partial charge on any atom is -0.457 e. The van der Waals surface area contributed by atoms with Gasteiger partial charge in [0.1, 0.15) is 40.6 Å². The third-order valence-corrected chi connectivity index (χ3v) is 4.19. The molecular weight excluding hydrogens is 396 g/mol. The first-order chi connectivity index (χ1) is 12.5. The summed E-state index contributed by atoms with van der Waals surface area (Å²) >= 11 is 3.36. The number of aromatic amines is 1. The molecule has 0 saturated heterocycles. The maximum atomic E-state index is 12.1. The van der Waals surface area contributed by atoms with E-state index in [-0.39, 0.29) is 22.5 Å². The van der Waals surface area contributed by atoms with Crippen LogP contribution in [0.15, 0.2) is 57.8 Å². The third kappa shape index (κ3) is 3.16. The van der Waals surface area contributed by atoms with Crippen molar-refractivity contribution in [1.82, 2.24) is 4.98 Å². The van der Waals surface area contributed by atoms with Gasteiger partial charge >= 0.3 is 0 Å². The summed E-state index contributed by atoms with van der Waals surface area (Å²) in [6.45, 7) is 0. The lowest BCUT2D eigenvalue weighted by Crippen LogP contribution is -2.16. The molecule has 0 bridgehead atoms. The second-order valence-electron chi connectivity index (χ2n) is 5.27. The van der Waals surface area contributed by atoms with Gasteiger partial charge in [-0.2, -0.15) is 10.5 Å². The van der Waals surface area contributed by atoms with Crippen LogP contribution in [0.1, 0.15) is 11.1 Å². The fraction of sp³-hybridized carbons (Fsp3) is 0. The number of nitrogens with two attached hydrogens (primary N) is 1. The molecule has 0 unspecified atom stereocenters. The van der Waals surface area contributed by atoms with E-state index in [1.165, 1.54) is 0 Å². The number of nitriles is 2. The topological polar surface area (TPSA) is 116 Å². The Morgan fingerprint density at radius 2 is 1.65 bits per heavy atom. The Morgan fingerprint density at radius 3 is 2.31 bits per heavy atom. The van der Waals surface area contributed by atoms with Crippen LogP contribution in [0.5, 0.6) is 11.5 Å². The number of hydrogen-bond donors (Lipinski definition) is 2. The maximum Gasteiger partial charge on any atom is 0.268 e. The summed E-state index contributed by atoms with van der Waals surface area (Å²) in [5, 5.41) is 18.9. The average molecular weight is 407 g/mol. The molecule has 7 heteroatoms. The van der Waals surface area contributed by atoms with E-state index in [4.69, 9.17) is 10.5 Å². The van der Waals surface area contributed by atoms with Crippen LogP contribution in [0.2, 0.25) is 0 Å². The highest BCUT2D eigenvalue weighted by atomic mass is 79.9. The quantitative estimate of drug-likeness (QED) is 0.683. The van der Waals surface area contributed by atoms with Gasteiger partial charge in [0.2, 0.25) is 0 Å². The molecule has 2 aromatic carbocycles. The van der Waals surface area contributed by atoms with E-state index in [2.05, 4.69) is 20.9 Å². The Labute approximate surface area is 157 Å². The number of aromatic nitrogens is 1. The molecule has 26 heavy (non-hydrogen) atoms. The normalized spacial score (nSPS) is 9.96. The molecular formula is C19H11BrN4O2. The minimum absolute atomic E-state index is 0.0213. The summed E-state index contributed by atoms with van der Waals surface area (Å²) < 4.78 is 6.81. The molecule has 0 amide bonds. The van der Waals surface area contributed by atoms with Gasteiger partial charge in [0, 0.05) is 15.6 Å². The molecule has 1 aromatic heterocycles. The van der Waals surface area contributed by atoms with Crippen molar-refractivity contribution in [3.05, 3.63) is 74.5 Å². The number of anilines is 1. The number of halogens is 1. The van der Waals surface area contributed by atoms with Crippen LogP contribution >= 0.6 is 15.9 Å². The number of para-hydroxylation sites is 1. The van der Waals surface area contributed by atoms with Crippen molar-refractivity contribution in [2.24, 2.45) is 0 Å². The van der Waals surface area contributed by atoms with E-state index in [1.807, 2.05) is 24.3 Å². The molecule has 3 rings (SSSR count). The van der Waals surface area contributed by atoms with Crippen molar-refractivity contribution < 1.29 is 4.74 Å². The van der Waals surface area contributed by atoms with Crippen LogP contribution in [0.4, 0.5) is 5.82 Å². The molecule has 0 spiro atoms. The number of H-pyrrole nitrogens is 1. The molecule has 0 atom stereocenters. The largest absolute Gasteiger partial charge is 0.457 e. The predicted octanol–water partition coefficient (Wildman–Crippen LogP) is 3.92. The van der Waals surface area contributed by atoms with Crippen LogP contribution in [0.25, 0.3) is 11.1 Å². The molecule has 0 radical (unpaired) electrons. The van der Waals surface area contributed by atoms with Crippen molar-refractivity contribution in [3.8, 4) is 34.8 Å². The van der Waals surface area contributed by atoms with Gasteiger partial charge in [-0.3, -0.25) is 4.79 Å². The Hall–Kier alpha value is -3.55. The highest BCUT2D eigenvalue weighted by Crippen LogP contribution is 2.37. The Kier molecular flexibility index (Phi) is 4.74. The number of pyridine rings is 1. The maximum absolute atomic E-state index is 12.1. The van der Waals surface area contributed by atoms with Crippen molar-refractivity contribution in [1.29, 1.82) is 10.5 Å². The van der Waals surface area contributed by atoms with Gasteiger partial charge in [-0.1, -0.05) is 34.1 Å². The van der Waals surface area contributed by atoms with Gasteiger partial charge in [-0.25, -0.2) is 0 Å². The van der Waals surface area contributed by atoms with Crippen LogP contribution in [0, 0.1) is 22.7 Å². The van der Waals surface area contributed by atoms with Crippen LogP contribution in [-0.2, 0) is 0 Å². The number of benzene rings is 2. The second kappa shape index (κ2) is 7.14. The lowest BCUT2D eigenvalue weighted by Gasteiger charge is -2.14. The molecule has 1 heterocycles. The lowest BCUT2D eigenvalue weighted by atomic mass is 9.96. The molecule has 3 N–H and O–H groups in total. The predicted molar refractivity (Wildman–Crippen MR) is 101 cm³/mol. The molecule has 0 fully saturated rings.